The van der Waals surface area contributed by atoms with Gasteiger partial charge in [-0.05, 0) is 46.4 Å². The lowest BCUT2D eigenvalue weighted by Gasteiger charge is -2.19. The van der Waals surface area contributed by atoms with E-state index in [0.717, 1.165) is 11.8 Å². The van der Waals surface area contributed by atoms with Gasteiger partial charge < -0.3 is 15.4 Å². The van der Waals surface area contributed by atoms with Crippen molar-refractivity contribution in [2.45, 2.75) is 33.2 Å². The molecule has 2 aromatic rings. The van der Waals surface area contributed by atoms with Crippen molar-refractivity contribution in [1.29, 1.82) is 0 Å². The van der Waals surface area contributed by atoms with Gasteiger partial charge in [0.05, 0.1) is 0 Å². The first-order chi connectivity index (χ1) is 15.9. The number of aldehydes is 2. The second-order valence-electron chi connectivity index (χ2n) is 6.45. The number of carbonyl (C=O) groups is 2. The summed E-state index contributed by atoms with van der Waals surface area (Å²) < 4.78 is 14.1. The third-order valence-electron chi connectivity index (χ3n) is 3.99. The third kappa shape index (κ3) is 10.3. The Kier molecular flexibility index (Phi) is 15.6. The highest BCUT2D eigenvalue weighted by Crippen LogP contribution is 2.31. The predicted octanol–water partition coefficient (Wildman–Crippen LogP) is 5.00. The molecule has 0 aliphatic carbocycles. The molecule has 2 N–H and O–H groups in total. The van der Waals surface area contributed by atoms with E-state index in [2.05, 4.69) is 22.6 Å². The van der Waals surface area contributed by atoms with E-state index >= 15 is 0 Å². The molecule has 0 amide bonds. The monoisotopic (exact) mass is 472 g/mol. The molecule has 2 rings (SSSR count). The van der Waals surface area contributed by atoms with Gasteiger partial charge in [-0.3, -0.25) is 4.79 Å². The number of halogens is 1. The van der Waals surface area contributed by atoms with E-state index in [0.29, 0.717) is 35.4 Å². The second-order valence-corrected chi connectivity index (χ2v) is 6.71. The summed E-state index contributed by atoms with van der Waals surface area (Å²) in [6, 6.07) is 10.1. The Morgan fingerprint density at radius 3 is 2.42 bits per heavy atom. The number of thiol groups is 1. The van der Waals surface area contributed by atoms with Crippen LogP contribution < -0.4 is 5.73 Å². The van der Waals surface area contributed by atoms with Crippen molar-refractivity contribution in [3.8, 4) is 11.1 Å². The fourth-order valence-electron chi connectivity index (χ4n) is 2.42. The van der Waals surface area contributed by atoms with Crippen LogP contribution in [0.5, 0.6) is 0 Å². The van der Waals surface area contributed by atoms with Crippen LogP contribution in [-0.2, 0) is 9.59 Å². The molecule has 6 nitrogen and oxygen atoms in total. The number of carbonyl (C=O) groups excluding carboxylic acids is 2. The first-order valence-electron chi connectivity index (χ1n) is 10.5. The smallest absolute Gasteiger partial charge is 0.220 e. The lowest BCUT2D eigenvalue weighted by molar-refractivity contribution is -0.107. The van der Waals surface area contributed by atoms with E-state index in [1.165, 1.54) is 12.3 Å². The molecule has 0 radical (unpaired) electrons. The summed E-state index contributed by atoms with van der Waals surface area (Å²) in [5.74, 6) is -0.238. The summed E-state index contributed by atoms with van der Waals surface area (Å²) >= 11 is 4.24. The molecule has 1 aromatic carbocycles. The number of rotatable bonds is 7. The van der Waals surface area contributed by atoms with Gasteiger partial charge in [-0.15, -0.1) is 0 Å². The van der Waals surface area contributed by atoms with Crippen LogP contribution in [0.1, 0.15) is 38.8 Å². The molecule has 0 fully saturated rings. The molecule has 178 valence electrons. The van der Waals surface area contributed by atoms with Crippen LogP contribution in [0.4, 0.5) is 4.39 Å². The van der Waals surface area contributed by atoms with E-state index < -0.39 is 12.0 Å². The Bertz CT molecular complexity index is 959. The summed E-state index contributed by atoms with van der Waals surface area (Å²) in [4.78, 5) is 29.8. The van der Waals surface area contributed by atoms with Crippen molar-refractivity contribution in [1.82, 2.24) is 9.88 Å². The zero-order chi connectivity index (χ0) is 25.2. The predicted molar refractivity (Wildman–Crippen MR) is 138 cm³/mol. The molecule has 0 spiro atoms. The molecular weight excluding hydrogens is 439 g/mol. The number of allylic oxidation sites excluding steroid dienone is 1. The lowest BCUT2D eigenvalue weighted by Crippen LogP contribution is -2.31. The summed E-state index contributed by atoms with van der Waals surface area (Å²) in [7, 11) is 3.56. The Balaban J connectivity index is 0.00000154. The van der Waals surface area contributed by atoms with E-state index in [9.17, 15) is 14.0 Å². The van der Waals surface area contributed by atoms with Crippen LogP contribution in [0.25, 0.3) is 11.1 Å². The largest absolute Gasteiger partial charge is 0.370 e. The third-order valence-corrected chi connectivity index (χ3v) is 4.29. The Hall–Kier alpha value is -3.26. The quantitative estimate of drug-likeness (QED) is 0.113. The summed E-state index contributed by atoms with van der Waals surface area (Å²) in [6.07, 6.45) is 6.57. The zero-order valence-corrected chi connectivity index (χ0v) is 20.7. The number of pyridine rings is 1. The minimum Gasteiger partial charge on any atom is -0.370 e. The van der Waals surface area contributed by atoms with Crippen molar-refractivity contribution in [2.24, 2.45) is 10.7 Å². The van der Waals surface area contributed by atoms with Gasteiger partial charge in [0.15, 0.2) is 5.96 Å². The Labute approximate surface area is 201 Å². The highest BCUT2D eigenvalue weighted by Gasteiger charge is 2.17. The van der Waals surface area contributed by atoms with Gasteiger partial charge in [-0.2, -0.15) is 17.0 Å². The first-order valence-corrected chi connectivity index (χ1v) is 11.0. The van der Waals surface area contributed by atoms with Crippen molar-refractivity contribution in [2.75, 3.05) is 14.1 Å². The van der Waals surface area contributed by atoms with E-state index in [1.807, 2.05) is 39.0 Å². The molecule has 33 heavy (non-hydrogen) atoms. The Morgan fingerprint density at radius 1 is 1.24 bits per heavy atom. The van der Waals surface area contributed by atoms with E-state index in [-0.39, 0.29) is 0 Å². The fourth-order valence-corrected chi connectivity index (χ4v) is 2.65. The van der Waals surface area contributed by atoms with Crippen LogP contribution in [0, 0.1) is 5.95 Å². The van der Waals surface area contributed by atoms with Gasteiger partial charge in [0.25, 0.3) is 0 Å². The summed E-state index contributed by atoms with van der Waals surface area (Å²) in [5, 5.41) is 1.56. The van der Waals surface area contributed by atoms with Gasteiger partial charge in [0.2, 0.25) is 5.95 Å². The van der Waals surface area contributed by atoms with E-state index in [4.69, 9.17) is 5.73 Å². The molecule has 1 heterocycles. The van der Waals surface area contributed by atoms with Crippen LogP contribution in [0.2, 0.25) is 0 Å². The minimum atomic E-state index is -0.548. The van der Waals surface area contributed by atoms with Gasteiger partial charge in [0.1, 0.15) is 18.6 Å². The molecule has 0 aliphatic heterocycles. The topological polar surface area (TPSA) is 88.6 Å². The van der Waals surface area contributed by atoms with Gasteiger partial charge in [-0.25, -0.2) is 9.98 Å². The van der Waals surface area contributed by atoms with Crippen LogP contribution >= 0.6 is 12.6 Å². The number of nitrogens with zero attached hydrogens (tertiary/aromatic N) is 3. The van der Waals surface area contributed by atoms with Crippen molar-refractivity contribution >= 4 is 31.2 Å². The minimum absolute atomic E-state index is 0.310. The maximum Gasteiger partial charge on any atom is 0.220 e. The number of hydrogen-bond acceptors (Lipinski definition) is 5. The van der Waals surface area contributed by atoms with Crippen LogP contribution in [0.15, 0.2) is 70.7 Å². The maximum atomic E-state index is 14.1. The molecule has 0 bridgehead atoms. The highest BCUT2D eigenvalue weighted by atomic mass is 32.1. The standard InChI is InChI=1S/C20H21FN4OS.C3H6O.C2H6/c1-25(2)20(22)24-18(16(13-27)8-5-11-26)15-7-3-6-14(12-15)17-9-4-10-23-19(17)21;1-2-3-4;1-2/h3-13,18,27H,1-2H3,(H2,22,24);3H,2H2,1H3;1-2H3/b8-5+,16-13+;;. The molecule has 0 saturated carbocycles. The van der Waals surface area contributed by atoms with Crippen LogP contribution in [-0.4, -0.2) is 42.5 Å². The number of aromatic nitrogens is 1. The second kappa shape index (κ2) is 17.3. The number of benzene rings is 1. The Morgan fingerprint density at radius 2 is 1.91 bits per heavy atom. The van der Waals surface area contributed by atoms with Gasteiger partial charge in [0, 0.05) is 32.3 Å². The fraction of sp³-hybridized carbons (Fsp3) is 0.280. The normalized spacial score (nSPS) is 12.1. The highest BCUT2D eigenvalue weighted by molar-refractivity contribution is 7.83. The van der Waals surface area contributed by atoms with Gasteiger partial charge >= 0.3 is 0 Å². The van der Waals surface area contributed by atoms with Gasteiger partial charge in [-0.1, -0.05) is 45.0 Å². The lowest BCUT2D eigenvalue weighted by atomic mass is 9.96. The molecule has 1 atom stereocenters. The molecule has 1 unspecified atom stereocenters. The SMILES string of the molecule is CC.CCC=O.CN(C)C(N)=NC(C(/C=C/C=O)=C/S)c1cccc(-c2cccnc2F)c1. The summed E-state index contributed by atoms with van der Waals surface area (Å²) in [6.45, 7) is 5.81. The molecule has 1 aromatic heterocycles. The maximum absolute atomic E-state index is 14.1. The molecular formula is C25H33FN4O2S. The average molecular weight is 473 g/mol. The number of nitrogens with two attached hydrogens (primary N) is 1. The first kappa shape index (κ1) is 29.7. The van der Waals surface area contributed by atoms with Crippen molar-refractivity contribution in [3.63, 3.8) is 0 Å². The number of hydrogen-bond donors (Lipinski definition) is 2. The number of aliphatic imine (C=N–C) groups is 1. The molecule has 0 saturated heterocycles. The van der Waals surface area contributed by atoms with Crippen LogP contribution in [0.3, 0.4) is 0 Å². The van der Waals surface area contributed by atoms with Crippen molar-refractivity contribution in [3.05, 3.63) is 77.2 Å². The zero-order valence-electron chi connectivity index (χ0n) is 19.8. The molecule has 8 heteroatoms. The van der Waals surface area contributed by atoms with Crippen molar-refractivity contribution < 1.29 is 14.0 Å². The van der Waals surface area contributed by atoms with E-state index in [1.54, 1.807) is 48.7 Å². The number of guanidine groups is 1. The summed E-state index contributed by atoms with van der Waals surface area (Å²) in [5.41, 5.74) is 8.51. The average Bonchev–Trinajstić information content (AvgIpc) is 2.85. The molecule has 0 aliphatic rings.